The van der Waals surface area contributed by atoms with Crippen LogP contribution in [0.25, 0.3) is 0 Å². The molecule has 0 aliphatic rings. The van der Waals surface area contributed by atoms with Crippen LogP contribution in [0, 0.1) is 5.92 Å². The van der Waals surface area contributed by atoms with Gasteiger partial charge in [-0.15, -0.1) is 0 Å². The SMILES string of the molecule is CC(=O)O.CC(C)C(O)Cl. The molecule has 1 unspecified atom stereocenters. The lowest BCUT2D eigenvalue weighted by Crippen LogP contribution is -2.04. The van der Waals surface area contributed by atoms with E-state index in [4.69, 9.17) is 26.6 Å². The van der Waals surface area contributed by atoms with E-state index < -0.39 is 11.5 Å². The van der Waals surface area contributed by atoms with Gasteiger partial charge in [0.1, 0.15) is 5.56 Å². The number of aliphatic hydroxyl groups is 1. The maximum atomic E-state index is 9.00. The molecule has 0 bridgehead atoms. The zero-order valence-corrected chi connectivity index (χ0v) is 7.09. The van der Waals surface area contributed by atoms with E-state index in [1.165, 1.54) is 0 Å². The molecule has 0 saturated carbocycles. The minimum atomic E-state index is -0.833. The third-order valence-electron chi connectivity index (χ3n) is 0.550. The minimum absolute atomic E-state index is 0.173. The highest BCUT2D eigenvalue weighted by molar-refractivity contribution is 6.19. The molecule has 2 N–H and O–H groups in total. The molecular weight excluding hydrogens is 156 g/mol. The Hall–Kier alpha value is -0.280. The lowest BCUT2D eigenvalue weighted by molar-refractivity contribution is -0.134. The fraction of sp³-hybridized carbons (Fsp3) is 0.833. The van der Waals surface area contributed by atoms with Crippen molar-refractivity contribution in [3.8, 4) is 0 Å². The first-order chi connectivity index (χ1) is 4.37. The van der Waals surface area contributed by atoms with Crippen molar-refractivity contribution in [2.75, 3.05) is 0 Å². The van der Waals surface area contributed by atoms with Gasteiger partial charge in [0.25, 0.3) is 5.97 Å². The zero-order chi connectivity index (χ0) is 8.73. The standard InChI is InChI=1S/C4H9ClO.C2H4O2/c1-3(2)4(5)6;1-2(3)4/h3-4,6H,1-2H3;1H3,(H,3,4). The Morgan fingerprint density at radius 3 is 1.60 bits per heavy atom. The fourth-order valence-corrected chi connectivity index (χ4v) is 0. The third-order valence-corrected chi connectivity index (χ3v) is 1.05. The van der Waals surface area contributed by atoms with Crippen LogP contribution in [0.1, 0.15) is 20.8 Å². The predicted octanol–water partition coefficient (Wildman–Crippen LogP) is 1.29. The van der Waals surface area contributed by atoms with Crippen LogP contribution >= 0.6 is 11.6 Å². The second kappa shape index (κ2) is 6.83. The van der Waals surface area contributed by atoms with Crippen molar-refractivity contribution >= 4 is 17.6 Å². The third kappa shape index (κ3) is 25.2. The van der Waals surface area contributed by atoms with Crippen molar-refractivity contribution < 1.29 is 15.0 Å². The molecule has 0 radical (unpaired) electrons. The highest BCUT2D eigenvalue weighted by Crippen LogP contribution is 2.02. The summed E-state index contributed by atoms with van der Waals surface area (Å²) in [7, 11) is 0. The Kier molecular flexibility index (Phi) is 8.48. The van der Waals surface area contributed by atoms with Crippen molar-refractivity contribution in [1.82, 2.24) is 0 Å². The van der Waals surface area contributed by atoms with Crippen molar-refractivity contribution in [1.29, 1.82) is 0 Å². The highest BCUT2D eigenvalue weighted by Gasteiger charge is 2.00. The van der Waals surface area contributed by atoms with E-state index in [0.29, 0.717) is 0 Å². The number of carbonyl (C=O) groups is 1. The number of hydrogen-bond acceptors (Lipinski definition) is 2. The van der Waals surface area contributed by atoms with E-state index in [9.17, 15) is 0 Å². The van der Waals surface area contributed by atoms with Crippen LogP contribution in [-0.4, -0.2) is 21.7 Å². The maximum absolute atomic E-state index is 9.00. The monoisotopic (exact) mass is 168 g/mol. The summed E-state index contributed by atoms with van der Waals surface area (Å²) in [6, 6.07) is 0. The highest BCUT2D eigenvalue weighted by atomic mass is 35.5. The van der Waals surface area contributed by atoms with Crippen molar-refractivity contribution in [3.63, 3.8) is 0 Å². The molecule has 0 aromatic rings. The van der Waals surface area contributed by atoms with E-state index in [2.05, 4.69) is 0 Å². The van der Waals surface area contributed by atoms with Crippen LogP contribution in [0.2, 0.25) is 0 Å². The number of aliphatic carboxylic acids is 1. The molecule has 10 heavy (non-hydrogen) atoms. The molecule has 3 nitrogen and oxygen atoms in total. The number of halogens is 1. The summed E-state index contributed by atoms with van der Waals surface area (Å²) in [4.78, 5) is 9.00. The number of aliphatic hydroxyl groups excluding tert-OH is 1. The van der Waals surface area contributed by atoms with E-state index in [1.54, 1.807) is 0 Å². The normalized spacial score (nSPS) is 11.8. The molecule has 62 valence electrons. The van der Waals surface area contributed by atoms with Gasteiger partial charge in [-0.2, -0.15) is 0 Å². The Morgan fingerprint density at radius 2 is 1.60 bits per heavy atom. The zero-order valence-electron chi connectivity index (χ0n) is 6.34. The summed E-state index contributed by atoms with van der Waals surface area (Å²) in [5.41, 5.74) is -0.676. The second-order valence-corrected chi connectivity index (χ2v) is 2.58. The Balaban J connectivity index is 0. The van der Waals surface area contributed by atoms with Crippen molar-refractivity contribution in [2.45, 2.75) is 26.3 Å². The van der Waals surface area contributed by atoms with Crippen LogP contribution in [0.5, 0.6) is 0 Å². The van der Waals surface area contributed by atoms with E-state index in [0.717, 1.165) is 6.92 Å². The van der Waals surface area contributed by atoms with Crippen LogP contribution in [-0.2, 0) is 4.79 Å². The lowest BCUT2D eigenvalue weighted by Gasteiger charge is -2.01. The summed E-state index contributed by atoms with van der Waals surface area (Å²) < 4.78 is 0. The number of alkyl halides is 1. The Morgan fingerprint density at radius 1 is 1.50 bits per heavy atom. The average molecular weight is 169 g/mol. The molecular formula is C6H13ClO3. The Bertz CT molecular complexity index is 81.0. The molecule has 1 atom stereocenters. The van der Waals surface area contributed by atoms with Crippen LogP contribution < -0.4 is 0 Å². The van der Waals surface area contributed by atoms with Gasteiger partial charge in [0.15, 0.2) is 0 Å². The first-order valence-electron chi connectivity index (χ1n) is 2.89. The topological polar surface area (TPSA) is 57.5 Å². The quantitative estimate of drug-likeness (QED) is 0.581. The van der Waals surface area contributed by atoms with Gasteiger partial charge in [-0.1, -0.05) is 25.4 Å². The average Bonchev–Trinajstić information content (AvgIpc) is 1.63. The van der Waals surface area contributed by atoms with Gasteiger partial charge in [0.2, 0.25) is 0 Å². The fourth-order valence-electron chi connectivity index (χ4n) is 0. The number of rotatable bonds is 1. The van der Waals surface area contributed by atoms with Crippen LogP contribution in [0.3, 0.4) is 0 Å². The molecule has 0 amide bonds. The van der Waals surface area contributed by atoms with Gasteiger partial charge in [0, 0.05) is 6.92 Å². The van der Waals surface area contributed by atoms with Crippen molar-refractivity contribution in [3.05, 3.63) is 0 Å². The summed E-state index contributed by atoms with van der Waals surface area (Å²) in [5, 5.41) is 15.8. The van der Waals surface area contributed by atoms with Crippen molar-refractivity contribution in [2.24, 2.45) is 5.92 Å². The van der Waals surface area contributed by atoms with E-state index in [-0.39, 0.29) is 5.92 Å². The van der Waals surface area contributed by atoms with Crippen LogP contribution in [0.4, 0.5) is 0 Å². The molecule has 0 aromatic carbocycles. The first kappa shape index (κ1) is 12.4. The van der Waals surface area contributed by atoms with Gasteiger partial charge in [-0.25, -0.2) is 0 Å². The number of carboxylic acids is 1. The van der Waals surface area contributed by atoms with Crippen LogP contribution in [0.15, 0.2) is 0 Å². The molecule has 0 spiro atoms. The molecule has 0 fully saturated rings. The number of carboxylic acid groups (broad SMARTS) is 1. The molecule has 0 heterocycles. The summed E-state index contributed by atoms with van der Waals surface area (Å²) in [6.07, 6.45) is 0. The summed E-state index contributed by atoms with van der Waals surface area (Å²) in [5.74, 6) is -0.660. The number of hydrogen-bond donors (Lipinski definition) is 2. The minimum Gasteiger partial charge on any atom is -0.481 e. The Labute approximate surface area is 65.6 Å². The van der Waals surface area contributed by atoms with E-state index in [1.807, 2.05) is 13.8 Å². The molecule has 0 aliphatic heterocycles. The maximum Gasteiger partial charge on any atom is 0.300 e. The second-order valence-electron chi connectivity index (χ2n) is 2.14. The van der Waals surface area contributed by atoms with Gasteiger partial charge in [-0.05, 0) is 5.92 Å². The molecule has 0 saturated heterocycles. The first-order valence-corrected chi connectivity index (χ1v) is 3.33. The molecule has 0 aliphatic carbocycles. The smallest absolute Gasteiger partial charge is 0.300 e. The largest absolute Gasteiger partial charge is 0.481 e. The van der Waals surface area contributed by atoms with Gasteiger partial charge in [0.05, 0.1) is 0 Å². The van der Waals surface area contributed by atoms with Gasteiger partial charge in [-0.3, -0.25) is 4.79 Å². The summed E-state index contributed by atoms with van der Waals surface area (Å²) in [6.45, 7) is 4.80. The lowest BCUT2D eigenvalue weighted by atomic mass is 10.2. The summed E-state index contributed by atoms with van der Waals surface area (Å²) >= 11 is 5.17. The van der Waals surface area contributed by atoms with Gasteiger partial charge >= 0.3 is 0 Å². The van der Waals surface area contributed by atoms with E-state index >= 15 is 0 Å². The predicted molar refractivity (Wildman–Crippen MR) is 40.0 cm³/mol. The molecule has 0 aromatic heterocycles. The molecule has 0 rings (SSSR count). The molecule has 4 heteroatoms. The van der Waals surface area contributed by atoms with Gasteiger partial charge < -0.3 is 10.2 Å².